The molecule has 160 valence electrons. The van der Waals surface area contributed by atoms with Gasteiger partial charge in [-0.15, -0.1) is 0 Å². The molecule has 0 aliphatic carbocycles. The van der Waals surface area contributed by atoms with Gasteiger partial charge in [0.25, 0.3) is 11.8 Å². The third-order valence-electron chi connectivity index (χ3n) is 4.89. The van der Waals surface area contributed by atoms with Gasteiger partial charge in [-0.25, -0.2) is 0 Å². The molecule has 1 saturated heterocycles. The van der Waals surface area contributed by atoms with E-state index in [1.165, 1.54) is 0 Å². The van der Waals surface area contributed by atoms with Crippen LogP contribution in [0.15, 0.2) is 48.5 Å². The number of hydrogen-bond donors (Lipinski definition) is 0. The van der Waals surface area contributed by atoms with Crippen molar-refractivity contribution < 1.29 is 19.1 Å². The van der Waals surface area contributed by atoms with E-state index >= 15 is 0 Å². The fourth-order valence-corrected chi connectivity index (χ4v) is 3.61. The van der Waals surface area contributed by atoms with Gasteiger partial charge in [-0.1, -0.05) is 41.4 Å². The third kappa shape index (κ3) is 5.73. The molecule has 0 saturated carbocycles. The smallest absolute Gasteiger partial charge is 0.254 e. The van der Waals surface area contributed by atoms with Gasteiger partial charge in [-0.2, -0.15) is 0 Å². The molecule has 0 N–H and O–H groups in total. The first-order chi connectivity index (χ1) is 14.5. The number of ether oxygens (including phenoxy) is 2. The number of amides is 2. The fourth-order valence-electron chi connectivity index (χ4n) is 3.31. The summed E-state index contributed by atoms with van der Waals surface area (Å²) >= 11 is 12.0. The molecular weight excluding hydrogens is 427 g/mol. The second-order valence-electron chi connectivity index (χ2n) is 6.98. The Morgan fingerprint density at radius 2 is 1.90 bits per heavy atom. The van der Waals surface area contributed by atoms with Crippen LogP contribution in [0.5, 0.6) is 0 Å². The van der Waals surface area contributed by atoms with Crippen LogP contribution in [0.2, 0.25) is 10.0 Å². The Balaban J connectivity index is 1.68. The summed E-state index contributed by atoms with van der Waals surface area (Å²) in [6, 6.07) is 13.9. The molecule has 1 unspecified atom stereocenters. The van der Waals surface area contributed by atoms with Crippen molar-refractivity contribution in [2.75, 3.05) is 46.5 Å². The number of benzene rings is 2. The first kappa shape index (κ1) is 22.6. The van der Waals surface area contributed by atoms with Crippen molar-refractivity contribution in [1.29, 1.82) is 0 Å². The van der Waals surface area contributed by atoms with Crippen LogP contribution in [0, 0.1) is 0 Å². The van der Waals surface area contributed by atoms with Gasteiger partial charge in [0.15, 0.2) is 0 Å². The van der Waals surface area contributed by atoms with Crippen molar-refractivity contribution in [1.82, 2.24) is 9.80 Å². The van der Waals surface area contributed by atoms with E-state index in [9.17, 15) is 9.59 Å². The molecule has 0 spiro atoms. The second-order valence-corrected chi connectivity index (χ2v) is 7.80. The lowest BCUT2D eigenvalue weighted by Gasteiger charge is -2.36. The SMILES string of the molecule is COCCN(CC1CN(C(=O)c2ccc(Cl)c(Cl)c2)CCO1)C(=O)c1ccccc1. The summed E-state index contributed by atoms with van der Waals surface area (Å²) < 4.78 is 11.0. The number of halogens is 2. The van der Waals surface area contributed by atoms with Crippen LogP contribution in [-0.2, 0) is 9.47 Å². The van der Waals surface area contributed by atoms with Crippen molar-refractivity contribution in [3.05, 3.63) is 69.7 Å². The lowest BCUT2D eigenvalue weighted by molar-refractivity contribution is -0.0346. The highest BCUT2D eigenvalue weighted by Crippen LogP contribution is 2.24. The Hall–Kier alpha value is -2.12. The minimum atomic E-state index is -0.296. The van der Waals surface area contributed by atoms with Gasteiger partial charge < -0.3 is 19.3 Å². The van der Waals surface area contributed by atoms with E-state index in [4.69, 9.17) is 32.7 Å². The quantitative estimate of drug-likeness (QED) is 0.646. The summed E-state index contributed by atoms with van der Waals surface area (Å²) in [5.74, 6) is -0.233. The summed E-state index contributed by atoms with van der Waals surface area (Å²) in [4.78, 5) is 29.3. The van der Waals surface area contributed by atoms with Crippen molar-refractivity contribution in [3.8, 4) is 0 Å². The average Bonchev–Trinajstić information content (AvgIpc) is 2.78. The molecule has 8 heteroatoms. The summed E-state index contributed by atoms with van der Waals surface area (Å²) in [6.45, 7) is 2.46. The topological polar surface area (TPSA) is 59.1 Å². The largest absolute Gasteiger partial charge is 0.383 e. The van der Waals surface area contributed by atoms with E-state index in [0.717, 1.165) is 0 Å². The number of rotatable bonds is 7. The van der Waals surface area contributed by atoms with E-state index in [1.807, 2.05) is 18.2 Å². The predicted molar refractivity (Wildman–Crippen MR) is 116 cm³/mol. The Morgan fingerprint density at radius 1 is 1.13 bits per heavy atom. The summed E-state index contributed by atoms with van der Waals surface area (Å²) in [7, 11) is 1.60. The van der Waals surface area contributed by atoms with Crippen LogP contribution in [0.25, 0.3) is 0 Å². The standard InChI is InChI=1S/C22H24Cl2N2O4/c1-29-11-9-25(21(27)16-5-3-2-4-6-16)14-18-15-26(10-12-30-18)22(28)17-7-8-19(23)20(24)13-17/h2-8,13,18H,9-12,14-15H2,1H3. The van der Waals surface area contributed by atoms with E-state index in [0.29, 0.717) is 60.6 Å². The average molecular weight is 451 g/mol. The van der Waals surface area contributed by atoms with Crippen LogP contribution in [-0.4, -0.2) is 74.2 Å². The van der Waals surface area contributed by atoms with E-state index in [2.05, 4.69) is 0 Å². The number of carbonyl (C=O) groups is 2. The highest BCUT2D eigenvalue weighted by atomic mass is 35.5. The fraction of sp³-hybridized carbons (Fsp3) is 0.364. The summed E-state index contributed by atoms with van der Waals surface area (Å²) in [6.07, 6.45) is -0.296. The zero-order valence-electron chi connectivity index (χ0n) is 16.7. The van der Waals surface area contributed by atoms with Crippen LogP contribution >= 0.6 is 23.2 Å². The molecule has 3 rings (SSSR count). The first-order valence-electron chi connectivity index (χ1n) is 9.68. The van der Waals surface area contributed by atoms with Crippen molar-refractivity contribution >= 4 is 35.0 Å². The van der Waals surface area contributed by atoms with Gasteiger partial charge in [-0.3, -0.25) is 9.59 Å². The van der Waals surface area contributed by atoms with Gasteiger partial charge in [0.2, 0.25) is 0 Å². The lowest BCUT2D eigenvalue weighted by atomic mass is 10.1. The molecule has 2 aromatic rings. The number of hydrogen-bond acceptors (Lipinski definition) is 4. The summed E-state index contributed by atoms with van der Waals surface area (Å²) in [5.41, 5.74) is 1.08. The van der Waals surface area contributed by atoms with Gasteiger partial charge in [0.1, 0.15) is 0 Å². The molecule has 0 radical (unpaired) electrons. The number of morpholine rings is 1. The van der Waals surface area contributed by atoms with Crippen LogP contribution < -0.4 is 0 Å². The predicted octanol–water partition coefficient (Wildman–Crippen LogP) is 3.62. The molecule has 1 atom stereocenters. The Morgan fingerprint density at radius 3 is 2.60 bits per heavy atom. The lowest BCUT2D eigenvalue weighted by Crippen LogP contribution is -2.51. The molecule has 0 aromatic heterocycles. The molecule has 1 aliphatic rings. The highest BCUT2D eigenvalue weighted by molar-refractivity contribution is 6.42. The van der Waals surface area contributed by atoms with Crippen molar-refractivity contribution in [3.63, 3.8) is 0 Å². The monoisotopic (exact) mass is 450 g/mol. The minimum Gasteiger partial charge on any atom is -0.383 e. The zero-order valence-corrected chi connectivity index (χ0v) is 18.2. The van der Waals surface area contributed by atoms with Crippen LogP contribution in [0.1, 0.15) is 20.7 Å². The van der Waals surface area contributed by atoms with Gasteiger partial charge in [0.05, 0.1) is 29.4 Å². The molecule has 2 aromatic carbocycles. The highest BCUT2D eigenvalue weighted by Gasteiger charge is 2.28. The van der Waals surface area contributed by atoms with Gasteiger partial charge in [-0.05, 0) is 30.3 Å². The van der Waals surface area contributed by atoms with Crippen LogP contribution in [0.4, 0.5) is 0 Å². The zero-order chi connectivity index (χ0) is 21.5. The minimum absolute atomic E-state index is 0.0933. The Labute approximate surface area is 186 Å². The molecule has 2 amide bonds. The number of nitrogens with zero attached hydrogens (tertiary/aromatic N) is 2. The maximum absolute atomic E-state index is 12.9. The van der Waals surface area contributed by atoms with E-state index < -0.39 is 0 Å². The van der Waals surface area contributed by atoms with Gasteiger partial charge >= 0.3 is 0 Å². The number of methoxy groups -OCH3 is 1. The molecule has 6 nitrogen and oxygen atoms in total. The molecule has 1 aliphatic heterocycles. The Bertz CT molecular complexity index is 879. The first-order valence-corrected chi connectivity index (χ1v) is 10.4. The van der Waals surface area contributed by atoms with E-state index in [1.54, 1.807) is 47.2 Å². The molecule has 30 heavy (non-hydrogen) atoms. The molecule has 1 fully saturated rings. The van der Waals surface area contributed by atoms with Crippen molar-refractivity contribution in [2.45, 2.75) is 6.10 Å². The van der Waals surface area contributed by atoms with Gasteiger partial charge in [0, 0.05) is 44.4 Å². The third-order valence-corrected chi connectivity index (χ3v) is 5.63. The molecule has 1 heterocycles. The van der Waals surface area contributed by atoms with Crippen molar-refractivity contribution in [2.24, 2.45) is 0 Å². The van der Waals surface area contributed by atoms with Crippen LogP contribution in [0.3, 0.4) is 0 Å². The normalized spacial score (nSPS) is 16.4. The maximum Gasteiger partial charge on any atom is 0.254 e. The second kappa shape index (κ2) is 10.8. The molecular formula is C22H24Cl2N2O4. The number of carbonyl (C=O) groups excluding carboxylic acids is 2. The Kier molecular flexibility index (Phi) is 8.10. The summed E-state index contributed by atoms with van der Waals surface area (Å²) in [5, 5.41) is 0.743. The molecule has 0 bridgehead atoms. The maximum atomic E-state index is 12.9. The van der Waals surface area contributed by atoms with E-state index in [-0.39, 0.29) is 17.9 Å².